The van der Waals surface area contributed by atoms with E-state index in [9.17, 15) is 22.0 Å². The number of amides is 1. The second-order valence-electron chi connectivity index (χ2n) is 4.79. The Morgan fingerprint density at radius 2 is 1.96 bits per heavy atom. The average molecular weight is 341 g/mol. The van der Waals surface area contributed by atoms with Crippen LogP contribution in [0.4, 0.5) is 8.78 Å². The number of hydrogen-bond acceptors (Lipinski definition) is 4. The van der Waals surface area contributed by atoms with Crippen LogP contribution in [-0.4, -0.2) is 19.3 Å². The molecule has 0 unspecified atom stereocenters. The summed E-state index contributed by atoms with van der Waals surface area (Å²) in [7, 11) is -3.90. The Morgan fingerprint density at radius 1 is 1.26 bits per heavy atom. The van der Waals surface area contributed by atoms with Gasteiger partial charge in [-0.15, -0.1) is 0 Å². The molecule has 2 aromatic rings. The van der Waals surface area contributed by atoms with Gasteiger partial charge in [-0.2, -0.15) is 0 Å². The van der Waals surface area contributed by atoms with Gasteiger partial charge in [0.25, 0.3) is 5.91 Å². The van der Waals surface area contributed by atoms with E-state index in [1.165, 1.54) is 19.1 Å². The molecule has 0 aliphatic heterocycles. The first-order chi connectivity index (χ1) is 10.7. The zero-order valence-electron chi connectivity index (χ0n) is 12.0. The first-order valence-corrected chi connectivity index (χ1v) is 7.98. The van der Waals surface area contributed by atoms with Crippen molar-refractivity contribution in [3.8, 4) is 0 Å². The lowest BCUT2D eigenvalue weighted by Gasteiger charge is -2.15. The van der Waals surface area contributed by atoms with Crippen LogP contribution in [0, 0.1) is 11.6 Å². The summed E-state index contributed by atoms with van der Waals surface area (Å²) in [6.45, 7) is 1.52. The molecule has 0 radical (unpaired) electrons. The van der Waals surface area contributed by atoms with Crippen molar-refractivity contribution in [2.24, 2.45) is 5.14 Å². The number of primary sulfonamides is 1. The molecular formula is C14H13F2N3O3S. The highest BCUT2D eigenvalue weighted by molar-refractivity contribution is 7.89. The van der Waals surface area contributed by atoms with Gasteiger partial charge in [-0.1, -0.05) is 6.07 Å². The van der Waals surface area contributed by atoms with E-state index in [1.54, 1.807) is 0 Å². The van der Waals surface area contributed by atoms with E-state index in [0.717, 1.165) is 24.4 Å². The molecule has 3 N–H and O–H groups in total. The lowest BCUT2D eigenvalue weighted by atomic mass is 10.1. The normalized spacial score (nSPS) is 12.7. The first-order valence-electron chi connectivity index (χ1n) is 6.43. The number of rotatable bonds is 4. The summed E-state index contributed by atoms with van der Waals surface area (Å²) in [5, 5.41) is 7.41. The molecule has 0 fully saturated rings. The van der Waals surface area contributed by atoms with Gasteiger partial charge < -0.3 is 5.32 Å². The van der Waals surface area contributed by atoms with Crippen LogP contribution in [0.15, 0.2) is 41.4 Å². The van der Waals surface area contributed by atoms with Gasteiger partial charge in [-0.05, 0) is 25.1 Å². The van der Waals surface area contributed by atoms with Crippen molar-refractivity contribution in [3.05, 3.63) is 59.4 Å². The third-order valence-electron chi connectivity index (χ3n) is 3.07. The zero-order chi connectivity index (χ0) is 17.2. The number of carbonyl (C=O) groups excluding carboxylic acids is 1. The van der Waals surface area contributed by atoms with Gasteiger partial charge in [0.1, 0.15) is 22.2 Å². The van der Waals surface area contributed by atoms with Crippen molar-refractivity contribution in [2.75, 3.05) is 0 Å². The number of benzene rings is 1. The van der Waals surface area contributed by atoms with Crippen LogP contribution >= 0.6 is 0 Å². The van der Waals surface area contributed by atoms with Crippen LogP contribution < -0.4 is 10.5 Å². The van der Waals surface area contributed by atoms with Crippen LogP contribution in [-0.2, 0) is 10.0 Å². The summed E-state index contributed by atoms with van der Waals surface area (Å²) in [5.41, 5.74) is 0.0488. The largest absolute Gasteiger partial charge is 0.344 e. The monoisotopic (exact) mass is 341 g/mol. The van der Waals surface area contributed by atoms with Crippen molar-refractivity contribution >= 4 is 15.9 Å². The van der Waals surface area contributed by atoms with Gasteiger partial charge in [0, 0.05) is 17.8 Å². The zero-order valence-corrected chi connectivity index (χ0v) is 12.8. The molecule has 1 aromatic heterocycles. The van der Waals surface area contributed by atoms with Gasteiger partial charge >= 0.3 is 0 Å². The maximum absolute atomic E-state index is 13.7. The smallest absolute Gasteiger partial charge is 0.270 e. The summed E-state index contributed by atoms with van der Waals surface area (Å²) in [5.74, 6) is -2.14. The molecule has 23 heavy (non-hydrogen) atoms. The Hall–Kier alpha value is -2.39. The van der Waals surface area contributed by atoms with Crippen molar-refractivity contribution in [1.82, 2.24) is 10.3 Å². The lowest BCUT2D eigenvalue weighted by molar-refractivity contribution is 0.0934. The van der Waals surface area contributed by atoms with E-state index in [0.29, 0.717) is 0 Å². The second kappa shape index (κ2) is 6.39. The number of nitrogens with one attached hydrogen (secondary N) is 1. The topological polar surface area (TPSA) is 102 Å². The van der Waals surface area contributed by atoms with Crippen LogP contribution in [0.25, 0.3) is 0 Å². The minimum Gasteiger partial charge on any atom is -0.344 e. The highest BCUT2D eigenvalue weighted by atomic mass is 32.2. The fourth-order valence-electron chi connectivity index (χ4n) is 1.88. The van der Waals surface area contributed by atoms with Crippen molar-refractivity contribution in [1.29, 1.82) is 0 Å². The maximum atomic E-state index is 13.7. The summed E-state index contributed by atoms with van der Waals surface area (Å²) >= 11 is 0. The van der Waals surface area contributed by atoms with Crippen LogP contribution in [0.1, 0.15) is 29.0 Å². The van der Waals surface area contributed by atoms with Gasteiger partial charge in [0.05, 0.1) is 6.04 Å². The number of nitrogens with zero attached hydrogens (tertiary/aromatic N) is 1. The van der Waals surface area contributed by atoms with Gasteiger partial charge in [-0.25, -0.2) is 27.3 Å². The van der Waals surface area contributed by atoms with E-state index in [-0.39, 0.29) is 16.2 Å². The van der Waals surface area contributed by atoms with Gasteiger partial charge in [0.2, 0.25) is 10.0 Å². The minimum atomic E-state index is -3.90. The number of aromatic nitrogens is 1. The molecule has 1 heterocycles. The molecule has 1 atom stereocenters. The quantitative estimate of drug-likeness (QED) is 0.879. The molecule has 1 amide bonds. The third kappa shape index (κ3) is 4.08. The van der Waals surface area contributed by atoms with E-state index in [1.807, 2.05) is 0 Å². The van der Waals surface area contributed by atoms with Crippen LogP contribution in [0.3, 0.4) is 0 Å². The highest BCUT2D eigenvalue weighted by Crippen LogP contribution is 2.18. The molecular weight excluding hydrogens is 328 g/mol. The summed E-state index contributed by atoms with van der Waals surface area (Å²) in [6, 6.07) is 4.62. The number of nitrogens with two attached hydrogens (primary N) is 1. The molecule has 122 valence electrons. The molecule has 0 bridgehead atoms. The third-order valence-corrected chi connectivity index (χ3v) is 3.97. The fraction of sp³-hybridized carbons (Fsp3) is 0.143. The second-order valence-corrected chi connectivity index (χ2v) is 6.35. The summed E-state index contributed by atoms with van der Waals surface area (Å²) in [4.78, 5) is 15.5. The predicted molar refractivity (Wildman–Crippen MR) is 77.8 cm³/mol. The van der Waals surface area contributed by atoms with E-state index in [2.05, 4.69) is 10.3 Å². The van der Waals surface area contributed by atoms with Crippen LogP contribution in [0.2, 0.25) is 0 Å². The minimum absolute atomic E-state index is 0.0632. The molecule has 1 aromatic carbocycles. The van der Waals surface area contributed by atoms with Crippen molar-refractivity contribution in [2.45, 2.75) is 17.9 Å². The molecule has 2 rings (SSSR count). The van der Waals surface area contributed by atoms with E-state index >= 15 is 0 Å². The van der Waals surface area contributed by atoms with E-state index in [4.69, 9.17) is 5.14 Å². The molecule has 0 aliphatic carbocycles. The Morgan fingerprint density at radius 3 is 2.48 bits per heavy atom. The fourth-order valence-corrected chi connectivity index (χ4v) is 2.34. The Bertz CT molecular complexity index is 839. The van der Waals surface area contributed by atoms with E-state index < -0.39 is 33.6 Å². The molecule has 0 saturated carbocycles. The van der Waals surface area contributed by atoms with Crippen molar-refractivity contribution < 1.29 is 22.0 Å². The average Bonchev–Trinajstić information content (AvgIpc) is 2.46. The molecule has 0 spiro atoms. The Balaban J connectivity index is 2.15. The van der Waals surface area contributed by atoms with Gasteiger partial charge in [0.15, 0.2) is 0 Å². The predicted octanol–water partition coefficient (Wildman–Crippen LogP) is 1.50. The molecule has 9 heteroatoms. The lowest BCUT2D eigenvalue weighted by Crippen LogP contribution is -2.28. The Labute approximate surface area is 131 Å². The van der Waals surface area contributed by atoms with Gasteiger partial charge in [-0.3, -0.25) is 4.79 Å². The number of carbonyl (C=O) groups is 1. The molecule has 0 saturated heterocycles. The first kappa shape index (κ1) is 17.0. The number of pyridine rings is 1. The number of hydrogen-bond donors (Lipinski definition) is 2. The Kier molecular flexibility index (Phi) is 4.71. The summed E-state index contributed by atoms with van der Waals surface area (Å²) in [6.07, 6.45) is 0.952. The van der Waals surface area contributed by atoms with Crippen molar-refractivity contribution in [3.63, 3.8) is 0 Å². The number of halogens is 2. The molecule has 6 nitrogen and oxygen atoms in total. The maximum Gasteiger partial charge on any atom is 0.270 e. The standard InChI is InChI=1S/C14H13F2N3O3S/c1-8(11-4-2-9(15)6-12(11)16)19-14(20)13-5-3-10(7-18-13)23(17,21)22/h2-8H,1H3,(H,19,20)(H2,17,21,22)/t8-/m0/s1. The highest BCUT2D eigenvalue weighted by Gasteiger charge is 2.17. The SMILES string of the molecule is C[C@H](NC(=O)c1ccc(S(N)(=O)=O)cn1)c1ccc(F)cc1F. The van der Waals surface area contributed by atoms with Crippen LogP contribution in [0.5, 0.6) is 0 Å². The summed E-state index contributed by atoms with van der Waals surface area (Å²) < 4.78 is 48.7. The number of sulfonamides is 1. The molecule has 0 aliphatic rings.